The third-order valence-electron chi connectivity index (χ3n) is 3.11. The second-order valence-electron chi connectivity index (χ2n) is 4.77. The predicted molar refractivity (Wildman–Crippen MR) is 101 cm³/mol. The second-order valence-corrected chi connectivity index (χ2v) is 8.98. The van der Waals surface area contributed by atoms with Gasteiger partial charge in [-0.1, -0.05) is 35.9 Å². The Bertz CT molecular complexity index is 908. The number of sulfonamides is 1. The van der Waals surface area contributed by atoms with E-state index in [1.807, 2.05) is 29.6 Å². The number of anilines is 1. The summed E-state index contributed by atoms with van der Waals surface area (Å²) in [6, 6.07) is 10.8. The quantitative estimate of drug-likeness (QED) is 0.591. The van der Waals surface area contributed by atoms with Crippen LogP contribution in [-0.2, 0) is 10.0 Å². The van der Waals surface area contributed by atoms with E-state index in [0.717, 1.165) is 16.4 Å². The summed E-state index contributed by atoms with van der Waals surface area (Å²) in [5, 5.41) is 8.14. The van der Waals surface area contributed by atoms with Crippen LogP contribution in [0.4, 0.5) is 5.13 Å². The van der Waals surface area contributed by atoms with E-state index >= 15 is 0 Å². The van der Waals surface area contributed by atoms with Gasteiger partial charge in [-0.3, -0.25) is 0 Å². The molecule has 0 atom stereocenters. The highest BCUT2D eigenvalue weighted by atomic mass is 35.5. The summed E-state index contributed by atoms with van der Waals surface area (Å²) in [4.78, 5) is 4.47. The van der Waals surface area contributed by atoms with Gasteiger partial charge in [-0.05, 0) is 17.5 Å². The van der Waals surface area contributed by atoms with Crippen LogP contribution in [0, 0.1) is 0 Å². The topological polar surface area (TPSA) is 71.1 Å². The molecule has 0 spiro atoms. The summed E-state index contributed by atoms with van der Waals surface area (Å²) in [6.45, 7) is 0.724. The average Bonchev–Trinajstić information content (AvgIpc) is 3.24. The molecule has 3 rings (SSSR count). The first-order chi connectivity index (χ1) is 11.6. The Morgan fingerprint density at radius 1 is 1.08 bits per heavy atom. The molecule has 126 valence electrons. The number of nitrogens with zero attached hydrogens (tertiary/aromatic N) is 1. The highest BCUT2D eigenvalue weighted by Crippen LogP contribution is 2.30. The molecule has 2 heterocycles. The molecule has 0 saturated heterocycles. The summed E-state index contributed by atoms with van der Waals surface area (Å²) < 4.78 is 26.8. The molecule has 0 aliphatic rings. The Hall–Kier alpha value is -1.45. The zero-order chi connectivity index (χ0) is 17.0. The van der Waals surface area contributed by atoms with Crippen molar-refractivity contribution >= 4 is 49.4 Å². The molecular weight excluding hydrogens is 386 g/mol. The van der Waals surface area contributed by atoms with E-state index in [4.69, 9.17) is 11.6 Å². The highest BCUT2D eigenvalue weighted by Gasteiger charge is 2.14. The van der Waals surface area contributed by atoms with Gasteiger partial charge in [0.25, 0.3) is 0 Å². The van der Waals surface area contributed by atoms with Crippen LogP contribution in [0.2, 0.25) is 5.02 Å². The highest BCUT2D eigenvalue weighted by molar-refractivity contribution is 7.91. The minimum absolute atomic E-state index is 0.279. The van der Waals surface area contributed by atoms with Crippen LogP contribution in [0.1, 0.15) is 0 Å². The number of thiazole rings is 1. The van der Waals surface area contributed by atoms with E-state index in [-0.39, 0.29) is 6.54 Å². The summed E-state index contributed by atoms with van der Waals surface area (Å²) in [7, 11) is -3.42. The van der Waals surface area contributed by atoms with Gasteiger partial charge in [0.1, 0.15) is 4.21 Å². The lowest BCUT2D eigenvalue weighted by Gasteiger charge is -2.05. The zero-order valence-electron chi connectivity index (χ0n) is 12.4. The molecule has 0 saturated carbocycles. The van der Waals surface area contributed by atoms with Gasteiger partial charge in [-0.25, -0.2) is 18.1 Å². The number of hydrogen-bond donors (Lipinski definition) is 2. The molecule has 0 aliphatic carbocycles. The lowest BCUT2D eigenvalue weighted by atomic mass is 10.2. The third kappa shape index (κ3) is 4.14. The number of benzene rings is 1. The number of aromatic nitrogens is 1. The fourth-order valence-electron chi connectivity index (χ4n) is 1.99. The van der Waals surface area contributed by atoms with Crippen molar-refractivity contribution in [1.29, 1.82) is 0 Å². The summed E-state index contributed by atoms with van der Waals surface area (Å²) in [5.41, 5.74) is 1.68. The van der Waals surface area contributed by atoms with Gasteiger partial charge < -0.3 is 5.32 Å². The van der Waals surface area contributed by atoms with Crippen LogP contribution >= 0.6 is 34.3 Å². The van der Waals surface area contributed by atoms with Gasteiger partial charge in [0, 0.05) is 29.1 Å². The number of rotatable bonds is 7. The maximum Gasteiger partial charge on any atom is 0.250 e. The molecule has 0 aliphatic heterocycles. The van der Waals surface area contributed by atoms with Gasteiger partial charge in [0.15, 0.2) is 5.13 Å². The van der Waals surface area contributed by atoms with E-state index in [0.29, 0.717) is 15.8 Å². The number of nitrogens with one attached hydrogen (secondary N) is 2. The molecule has 2 N–H and O–H groups in total. The molecular formula is C15H14ClN3O2S3. The van der Waals surface area contributed by atoms with E-state index in [2.05, 4.69) is 15.0 Å². The van der Waals surface area contributed by atoms with Crippen molar-refractivity contribution in [3.05, 3.63) is 52.2 Å². The Kier molecular flexibility index (Phi) is 5.52. The van der Waals surface area contributed by atoms with Gasteiger partial charge >= 0.3 is 0 Å². The predicted octanol–water partition coefficient (Wildman–Crippen LogP) is 3.92. The molecule has 0 fully saturated rings. The molecule has 0 bridgehead atoms. The lowest BCUT2D eigenvalue weighted by molar-refractivity contribution is 0.585. The van der Waals surface area contributed by atoms with E-state index < -0.39 is 10.0 Å². The first-order valence-electron chi connectivity index (χ1n) is 7.04. The van der Waals surface area contributed by atoms with Crippen molar-refractivity contribution in [2.24, 2.45) is 0 Å². The summed E-state index contributed by atoms with van der Waals surface area (Å²) >= 11 is 8.81. The third-order valence-corrected chi connectivity index (χ3v) is 7.10. The fraction of sp³-hybridized carbons (Fsp3) is 0.133. The molecule has 2 aromatic heterocycles. The summed E-state index contributed by atoms with van der Waals surface area (Å²) in [5.74, 6) is 0. The molecule has 0 radical (unpaired) electrons. The Labute approximate surface area is 153 Å². The molecule has 0 amide bonds. The number of thiophene rings is 1. The minimum atomic E-state index is -3.42. The van der Waals surface area contributed by atoms with Crippen molar-refractivity contribution in [3.63, 3.8) is 0 Å². The van der Waals surface area contributed by atoms with Crippen LogP contribution in [0.15, 0.2) is 51.4 Å². The maximum absolute atomic E-state index is 12.0. The van der Waals surface area contributed by atoms with E-state index in [9.17, 15) is 8.42 Å². The molecule has 3 aromatic rings. The van der Waals surface area contributed by atoms with Crippen LogP contribution in [-0.4, -0.2) is 26.5 Å². The molecule has 1 aromatic carbocycles. The molecule has 24 heavy (non-hydrogen) atoms. The van der Waals surface area contributed by atoms with Crippen LogP contribution in [0.3, 0.4) is 0 Å². The molecule has 0 unspecified atom stereocenters. The SMILES string of the molecule is O=S(=O)(NCCNc1nc(-c2ccccc2Cl)cs1)c1cccs1. The van der Waals surface area contributed by atoms with Crippen molar-refractivity contribution < 1.29 is 8.42 Å². The van der Waals surface area contributed by atoms with Gasteiger partial charge in [-0.2, -0.15) is 0 Å². The zero-order valence-corrected chi connectivity index (χ0v) is 15.6. The van der Waals surface area contributed by atoms with Crippen LogP contribution in [0.25, 0.3) is 11.3 Å². The van der Waals surface area contributed by atoms with E-state index in [1.54, 1.807) is 17.5 Å². The van der Waals surface area contributed by atoms with Crippen molar-refractivity contribution in [2.45, 2.75) is 4.21 Å². The number of hydrogen-bond acceptors (Lipinski definition) is 6. The average molecular weight is 400 g/mol. The van der Waals surface area contributed by atoms with E-state index in [1.165, 1.54) is 22.7 Å². The van der Waals surface area contributed by atoms with Crippen LogP contribution < -0.4 is 10.0 Å². The van der Waals surface area contributed by atoms with Gasteiger partial charge in [-0.15, -0.1) is 22.7 Å². The minimum Gasteiger partial charge on any atom is -0.360 e. The largest absolute Gasteiger partial charge is 0.360 e. The Morgan fingerprint density at radius 3 is 2.67 bits per heavy atom. The maximum atomic E-state index is 12.0. The van der Waals surface area contributed by atoms with Gasteiger partial charge in [0.05, 0.1) is 5.69 Å². The number of halogens is 1. The van der Waals surface area contributed by atoms with Crippen LogP contribution in [0.5, 0.6) is 0 Å². The Morgan fingerprint density at radius 2 is 1.92 bits per heavy atom. The van der Waals surface area contributed by atoms with Crippen molar-refractivity contribution in [3.8, 4) is 11.3 Å². The van der Waals surface area contributed by atoms with Crippen molar-refractivity contribution in [2.75, 3.05) is 18.4 Å². The molecule has 5 nitrogen and oxygen atoms in total. The van der Waals surface area contributed by atoms with Crippen molar-refractivity contribution in [1.82, 2.24) is 9.71 Å². The normalized spacial score (nSPS) is 11.5. The van der Waals surface area contributed by atoms with Gasteiger partial charge in [0.2, 0.25) is 10.0 Å². The Balaban J connectivity index is 1.54. The summed E-state index contributed by atoms with van der Waals surface area (Å²) in [6.07, 6.45) is 0. The standard InChI is InChI=1S/C15H14ClN3O2S3/c16-12-5-2-1-4-11(12)13-10-23-15(19-13)17-7-8-18-24(20,21)14-6-3-9-22-14/h1-6,9-10,18H,7-8H2,(H,17,19). The smallest absolute Gasteiger partial charge is 0.250 e. The fourth-order valence-corrected chi connectivity index (χ4v) is 5.03. The first-order valence-corrected chi connectivity index (χ1v) is 10.7. The monoisotopic (exact) mass is 399 g/mol. The first kappa shape index (κ1) is 17.4. The lowest BCUT2D eigenvalue weighted by Crippen LogP contribution is -2.28. The second kappa shape index (κ2) is 7.62. The molecule has 9 heteroatoms.